The topological polar surface area (TPSA) is 3.24 Å². The minimum atomic E-state index is 0.947. The molecule has 15 heavy (non-hydrogen) atoms. The van der Waals surface area contributed by atoms with E-state index in [9.17, 15) is 0 Å². The molecule has 0 N–H and O–H groups in total. The van der Waals surface area contributed by atoms with E-state index in [0.717, 1.165) is 13.1 Å². The number of hydrogen-bond acceptors (Lipinski definition) is 1. The van der Waals surface area contributed by atoms with Crippen LogP contribution in [-0.4, -0.2) is 11.4 Å². The van der Waals surface area contributed by atoms with Crippen molar-refractivity contribution in [1.29, 1.82) is 0 Å². The molecular formula is C14H15N. The van der Waals surface area contributed by atoms with Crippen molar-refractivity contribution in [3.8, 4) is 0 Å². The van der Waals surface area contributed by atoms with Crippen molar-refractivity contribution in [1.82, 2.24) is 4.90 Å². The number of nitrogens with zero attached hydrogens (tertiary/aromatic N) is 1. The summed E-state index contributed by atoms with van der Waals surface area (Å²) in [6.07, 6.45) is 8.25. The molecule has 0 bridgehead atoms. The fourth-order valence-electron chi connectivity index (χ4n) is 1.72. The van der Waals surface area contributed by atoms with E-state index < -0.39 is 0 Å². The molecule has 1 heteroatoms. The standard InChI is InChI=1S/C14H15N/c1-2-14-10-6-7-11-15(14)12-13-8-4-3-5-9-13/h2-10H,1,11-12H2. The van der Waals surface area contributed by atoms with Gasteiger partial charge in [0, 0.05) is 18.8 Å². The van der Waals surface area contributed by atoms with Gasteiger partial charge in [0.2, 0.25) is 0 Å². The third-order valence-corrected chi connectivity index (χ3v) is 2.52. The molecule has 0 spiro atoms. The first-order chi connectivity index (χ1) is 7.40. The van der Waals surface area contributed by atoms with Gasteiger partial charge in [-0.05, 0) is 17.7 Å². The first-order valence-electron chi connectivity index (χ1n) is 5.18. The van der Waals surface area contributed by atoms with Crippen molar-refractivity contribution >= 4 is 0 Å². The molecule has 1 aliphatic rings. The molecule has 0 radical (unpaired) electrons. The van der Waals surface area contributed by atoms with Gasteiger partial charge in [-0.1, -0.05) is 49.1 Å². The van der Waals surface area contributed by atoms with Crippen molar-refractivity contribution in [2.45, 2.75) is 6.54 Å². The second-order valence-corrected chi connectivity index (χ2v) is 3.59. The summed E-state index contributed by atoms with van der Waals surface area (Å²) in [5.74, 6) is 0. The predicted octanol–water partition coefficient (Wildman–Crippen LogP) is 3.13. The van der Waals surface area contributed by atoms with E-state index in [1.807, 2.05) is 12.1 Å². The number of benzene rings is 1. The maximum Gasteiger partial charge on any atom is 0.0432 e. The minimum absolute atomic E-state index is 0.947. The molecule has 1 aromatic carbocycles. The summed E-state index contributed by atoms with van der Waals surface area (Å²) in [4.78, 5) is 2.31. The molecule has 76 valence electrons. The van der Waals surface area contributed by atoms with Crippen LogP contribution in [0.15, 0.2) is 66.9 Å². The third kappa shape index (κ3) is 2.38. The van der Waals surface area contributed by atoms with Crippen molar-refractivity contribution in [2.24, 2.45) is 0 Å². The zero-order valence-corrected chi connectivity index (χ0v) is 8.76. The predicted molar refractivity (Wildman–Crippen MR) is 64.3 cm³/mol. The third-order valence-electron chi connectivity index (χ3n) is 2.52. The van der Waals surface area contributed by atoms with Gasteiger partial charge in [-0.2, -0.15) is 0 Å². The Morgan fingerprint density at radius 1 is 1.27 bits per heavy atom. The summed E-state index contributed by atoms with van der Waals surface area (Å²) in [5, 5.41) is 0. The maximum absolute atomic E-state index is 3.83. The highest BCUT2D eigenvalue weighted by Crippen LogP contribution is 2.14. The Labute approximate surface area is 91.0 Å². The van der Waals surface area contributed by atoms with Crippen LogP contribution < -0.4 is 0 Å². The normalized spacial score (nSPS) is 14.9. The fraction of sp³-hybridized carbons (Fsp3) is 0.143. The van der Waals surface area contributed by atoms with Crippen LogP contribution in [0.4, 0.5) is 0 Å². The average Bonchev–Trinajstić information content (AvgIpc) is 2.31. The monoisotopic (exact) mass is 197 g/mol. The molecule has 0 atom stereocenters. The highest BCUT2D eigenvalue weighted by molar-refractivity contribution is 5.27. The van der Waals surface area contributed by atoms with Crippen LogP contribution in [-0.2, 0) is 6.54 Å². The lowest BCUT2D eigenvalue weighted by Gasteiger charge is -2.26. The van der Waals surface area contributed by atoms with Crippen LogP contribution in [0.2, 0.25) is 0 Å². The zero-order chi connectivity index (χ0) is 10.5. The van der Waals surface area contributed by atoms with Crippen LogP contribution in [0.1, 0.15) is 5.56 Å². The first kappa shape index (κ1) is 9.78. The van der Waals surface area contributed by atoms with Crippen LogP contribution in [0, 0.1) is 0 Å². The van der Waals surface area contributed by atoms with Gasteiger partial charge in [0.25, 0.3) is 0 Å². The lowest BCUT2D eigenvalue weighted by atomic mass is 10.1. The van der Waals surface area contributed by atoms with Crippen LogP contribution in [0.3, 0.4) is 0 Å². The average molecular weight is 197 g/mol. The summed E-state index contributed by atoms with van der Waals surface area (Å²) < 4.78 is 0. The van der Waals surface area contributed by atoms with Crippen LogP contribution in [0.25, 0.3) is 0 Å². The van der Waals surface area contributed by atoms with E-state index in [0.29, 0.717) is 0 Å². The van der Waals surface area contributed by atoms with E-state index in [1.165, 1.54) is 11.3 Å². The summed E-state index contributed by atoms with van der Waals surface area (Å²) >= 11 is 0. The summed E-state index contributed by atoms with van der Waals surface area (Å²) in [7, 11) is 0. The van der Waals surface area contributed by atoms with Gasteiger partial charge in [0.1, 0.15) is 0 Å². The van der Waals surface area contributed by atoms with Gasteiger partial charge in [0.15, 0.2) is 0 Å². The largest absolute Gasteiger partial charge is 0.363 e. The molecule has 1 aromatic rings. The molecule has 0 saturated carbocycles. The van der Waals surface area contributed by atoms with E-state index in [4.69, 9.17) is 0 Å². The van der Waals surface area contributed by atoms with Gasteiger partial charge >= 0.3 is 0 Å². The lowest BCUT2D eigenvalue weighted by molar-refractivity contribution is 0.381. The van der Waals surface area contributed by atoms with Crippen molar-refractivity contribution in [3.63, 3.8) is 0 Å². The number of rotatable bonds is 3. The molecule has 0 amide bonds. The molecular weight excluding hydrogens is 182 g/mol. The molecule has 2 rings (SSSR count). The molecule has 0 saturated heterocycles. The SMILES string of the molecule is C=CC1=CC=CCN1Cc1ccccc1. The summed E-state index contributed by atoms with van der Waals surface area (Å²) in [6, 6.07) is 10.5. The van der Waals surface area contributed by atoms with Gasteiger partial charge in [-0.3, -0.25) is 0 Å². The Morgan fingerprint density at radius 3 is 2.80 bits per heavy atom. The van der Waals surface area contributed by atoms with Crippen molar-refractivity contribution in [2.75, 3.05) is 6.54 Å². The molecule has 0 aromatic heterocycles. The smallest absolute Gasteiger partial charge is 0.0432 e. The van der Waals surface area contributed by atoms with Crippen LogP contribution in [0.5, 0.6) is 0 Å². The van der Waals surface area contributed by atoms with Crippen molar-refractivity contribution in [3.05, 3.63) is 72.5 Å². The van der Waals surface area contributed by atoms with E-state index in [1.54, 1.807) is 0 Å². The molecule has 0 fully saturated rings. The maximum atomic E-state index is 3.83. The van der Waals surface area contributed by atoms with E-state index >= 15 is 0 Å². The van der Waals surface area contributed by atoms with Gasteiger partial charge in [0.05, 0.1) is 0 Å². The molecule has 0 aliphatic carbocycles. The molecule has 1 aliphatic heterocycles. The number of allylic oxidation sites excluding steroid dienone is 3. The Morgan fingerprint density at radius 2 is 2.07 bits per heavy atom. The highest BCUT2D eigenvalue weighted by atomic mass is 15.1. The van der Waals surface area contributed by atoms with Gasteiger partial charge in [-0.25, -0.2) is 0 Å². The summed E-state index contributed by atoms with van der Waals surface area (Å²) in [5.41, 5.74) is 2.53. The lowest BCUT2D eigenvalue weighted by Crippen LogP contribution is -2.23. The number of hydrogen-bond donors (Lipinski definition) is 0. The fourth-order valence-corrected chi connectivity index (χ4v) is 1.72. The van der Waals surface area contributed by atoms with E-state index in [-0.39, 0.29) is 0 Å². The Kier molecular flexibility index (Phi) is 3.03. The van der Waals surface area contributed by atoms with Gasteiger partial charge in [-0.15, -0.1) is 0 Å². The Bertz CT molecular complexity index is 387. The van der Waals surface area contributed by atoms with Crippen LogP contribution >= 0.6 is 0 Å². The zero-order valence-electron chi connectivity index (χ0n) is 8.76. The molecule has 1 nitrogen and oxygen atoms in total. The minimum Gasteiger partial charge on any atom is -0.363 e. The second-order valence-electron chi connectivity index (χ2n) is 3.59. The Hall–Kier alpha value is -1.76. The van der Waals surface area contributed by atoms with Crippen molar-refractivity contribution < 1.29 is 0 Å². The molecule has 1 heterocycles. The quantitative estimate of drug-likeness (QED) is 0.719. The summed E-state index contributed by atoms with van der Waals surface area (Å²) in [6.45, 7) is 5.74. The first-order valence-corrected chi connectivity index (χ1v) is 5.18. The van der Waals surface area contributed by atoms with Gasteiger partial charge < -0.3 is 4.90 Å². The molecule has 0 unspecified atom stereocenters. The highest BCUT2D eigenvalue weighted by Gasteiger charge is 2.07. The van der Waals surface area contributed by atoms with E-state index in [2.05, 4.69) is 54.0 Å². The second kappa shape index (κ2) is 4.65. The Balaban J connectivity index is 2.10.